The summed E-state index contributed by atoms with van der Waals surface area (Å²) in [5.74, 6) is -3.21. The van der Waals surface area contributed by atoms with Crippen LogP contribution in [0.5, 0.6) is 0 Å². The molecule has 1 atom stereocenters. The third-order valence-corrected chi connectivity index (χ3v) is 3.03. The van der Waals surface area contributed by atoms with Crippen LogP contribution in [0.2, 0.25) is 10.0 Å². The number of carboxylic acids is 1. The van der Waals surface area contributed by atoms with Crippen molar-refractivity contribution in [3.63, 3.8) is 0 Å². The number of hydrogen-bond donors (Lipinski definition) is 1. The molecule has 1 unspecified atom stereocenters. The van der Waals surface area contributed by atoms with Gasteiger partial charge in [-0.05, 0) is 31.0 Å². The highest BCUT2D eigenvalue weighted by molar-refractivity contribution is 6.42. The summed E-state index contributed by atoms with van der Waals surface area (Å²) in [6.45, 7) is 1.76. The van der Waals surface area contributed by atoms with Crippen molar-refractivity contribution in [3.05, 3.63) is 33.8 Å². The van der Waals surface area contributed by atoms with Gasteiger partial charge in [0.25, 0.3) is 0 Å². The van der Waals surface area contributed by atoms with Crippen molar-refractivity contribution in [1.82, 2.24) is 0 Å². The molecule has 0 heterocycles. The number of carbonyl (C=O) groups is 2. The predicted molar refractivity (Wildman–Crippen MR) is 67.9 cm³/mol. The highest BCUT2D eigenvalue weighted by atomic mass is 35.5. The third-order valence-electron chi connectivity index (χ3n) is 2.29. The minimum Gasteiger partial charge on any atom is -0.481 e. The molecule has 1 rings (SSSR count). The van der Waals surface area contributed by atoms with E-state index in [0.717, 1.165) is 0 Å². The van der Waals surface area contributed by atoms with Crippen LogP contribution in [-0.4, -0.2) is 23.7 Å². The molecule has 0 radical (unpaired) electrons. The summed E-state index contributed by atoms with van der Waals surface area (Å²) in [4.78, 5) is 22.5. The first kappa shape index (κ1) is 14.8. The molecule has 0 spiro atoms. The van der Waals surface area contributed by atoms with Gasteiger partial charge in [-0.25, -0.2) is 0 Å². The number of aliphatic carboxylic acids is 1. The Morgan fingerprint density at radius 1 is 1.33 bits per heavy atom. The highest BCUT2D eigenvalue weighted by Crippen LogP contribution is 2.24. The molecule has 0 bridgehead atoms. The summed E-state index contributed by atoms with van der Waals surface area (Å²) in [6.07, 6.45) is 0.0189. The second-order valence-electron chi connectivity index (χ2n) is 3.60. The van der Waals surface area contributed by atoms with Crippen LogP contribution in [0.1, 0.15) is 12.5 Å². The fraction of sp³-hybridized carbons (Fsp3) is 0.333. The molecular weight excluding hydrogens is 279 g/mol. The van der Waals surface area contributed by atoms with E-state index in [2.05, 4.69) is 0 Å². The third kappa shape index (κ3) is 3.89. The van der Waals surface area contributed by atoms with Crippen molar-refractivity contribution in [1.29, 1.82) is 0 Å². The largest absolute Gasteiger partial charge is 0.481 e. The zero-order chi connectivity index (χ0) is 13.7. The van der Waals surface area contributed by atoms with Crippen molar-refractivity contribution in [3.8, 4) is 0 Å². The molecule has 6 heteroatoms. The Morgan fingerprint density at radius 2 is 2.00 bits per heavy atom. The fourth-order valence-electron chi connectivity index (χ4n) is 1.42. The van der Waals surface area contributed by atoms with Crippen molar-refractivity contribution in [2.45, 2.75) is 13.3 Å². The second kappa shape index (κ2) is 6.61. The monoisotopic (exact) mass is 290 g/mol. The van der Waals surface area contributed by atoms with Gasteiger partial charge in [0.1, 0.15) is 0 Å². The summed E-state index contributed by atoms with van der Waals surface area (Å²) >= 11 is 11.6. The van der Waals surface area contributed by atoms with Gasteiger partial charge in [-0.15, -0.1) is 0 Å². The molecule has 18 heavy (non-hydrogen) atoms. The van der Waals surface area contributed by atoms with E-state index in [1.165, 1.54) is 0 Å². The Morgan fingerprint density at radius 3 is 2.50 bits per heavy atom. The van der Waals surface area contributed by atoms with Crippen molar-refractivity contribution in [2.75, 3.05) is 6.61 Å². The van der Waals surface area contributed by atoms with Gasteiger partial charge in [0, 0.05) is 0 Å². The van der Waals surface area contributed by atoms with Crippen molar-refractivity contribution in [2.24, 2.45) is 5.92 Å². The quantitative estimate of drug-likeness (QED) is 0.669. The van der Waals surface area contributed by atoms with E-state index in [1.54, 1.807) is 25.1 Å². The summed E-state index contributed by atoms with van der Waals surface area (Å²) in [7, 11) is 0. The van der Waals surface area contributed by atoms with Crippen LogP contribution in [-0.2, 0) is 20.7 Å². The molecule has 1 aromatic rings. The topological polar surface area (TPSA) is 63.6 Å². The van der Waals surface area contributed by atoms with Crippen LogP contribution in [0.25, 0.3) is 0 Å². The van der Waals surface area contributed by atoms with Gasteiger partial charge in [-0.2, -0.15) is 0 Å². The summed E-state index contributed by atoms with van der Waals surface area (Å²) in [5, 5.41) is 9.70. The van der Waals surface area contributed by atoms with E-state index in [9.17, 15) is 9.59 Å². The van der Waals surface area contributed by atoms with Gasteiger partial charge in [0.05, 0.1) is 16.7 Å². The van der Waals surface area contributed by atoms with Crippen LogP contribution >= 0.6 is 23.2 Å². The zero-order valence-corrected chi connectivity index (χ0v) is 11.2. The number of esters is 1. The standard InChI is InChI=1S/C12H12Cl2O4/c1-2-18-12(17)8(11(15)16)5-7-3-4-9(13)10(14)6-7/h3-4,6,8H,2,5H2,1H3,(H,15,16). The molecule has 0 aromatic heterocycles. The highest BCUT2D eigenvalue weighted by Gasteiger charge is 2.28. The molecule has 0 saturated heterocycles. The molecule has 1 N–H and O–H groups in total. The maximum Gasteiger partial charge on any atom is 0.320 e. The first-order valence-electron chi connectivity index (χ1n) is 5.29. The molecular formula is C12H12Cl2O4. The molecule has 0 saturated carbocycles. The first-order valence-corrected chi connectivity index (χ1v) is 6.04. The lowest BCUT2D eigenvalue weighted by Gasteiger charge is -2.11. The number of halogens is 2. The normalized spacial score (nSPS) is 11.9. The Bertz CT molecular complexity index is 459. The number of rotatable bonds is 5. The van der Waals surface area contributed by atoms with Gasteiger partial charge in [-0.3, -0.25) is 9.59 Å². The average molecular weight is 291 g/mol. The second-order valence-corrected chi connectivity index (χ2v) is 4.41. The van der Waals surface area contributed by atoms with Crippen molar-refractivity contribution >= 4 is 35.1 Å². The minimum absolute atomic E-state index is 0.0189. The zero-order valence-electron chi connectivity index (χ0n) is 9.65. The number of benzene rings is 1. The van der Waals surface area contributed by atoms with E-state index in [4.69, 9.17) is 33.0 Å². The van der Waals surface area contributed by atoms with Crippen LogP contribution in [0.15, 0.2) is 18.2 Å². The van der Waals surface area contributed by atoms with Crippen LogP contribution in [0.3, 0.4) is 0 Å². The average Bonchev–Trinajstić information content (AvgIpc) is 2.30. The Hall–Kier alpha value is -1.26. The Kier molecular flexibility index (Phi) is 5.44. The smallest absolute Gasteiger partial charge is 0.320 e. The maximum atomic E-state index is 11.5. The van der Waals surface area contributed by atoms with E-state index in [-0.39, 0.29) is 13.0 Å². The van der Waals surface area contributed by atoms with Crippen LogP contribution < -0.4 is 0 Å². The maximum absolute atomic E-state index is 11.5. The summed E-state index contributed by atoms with van der Waals surface area (Å²) < 4.78 is 4.71. The van der Waals surface area contributed by atoms with Gasteiger partial charge >= 0.3 is 11.9 Å². The van der Waals surface area contributed by atoms with Crippen LogP contribution in [0, 0.1) is 5.92 Å². The lowest BCUT2D eigenvalue weighted by molar-refractivity contribution is -0.158. The van der Waals surface area contributed by atoms with E-state index in [0.29, 0.717) is 15.6 Å². The molecule has 98 valence electrons. The summed E-state index contributed by atoms with van der Waals surface area (Å²) in [6, 6.07) is 4.73. The first-order chi connectivity index (χ1) is 8.45. The number of ether oxygens (including phenoxy) is 1. The van der Waals surface area contributed by atoms with Crippen LogP contribution in [0.4, 0.5) is 0 Å². The number of carbonyl (C=O) groups excluding carboxylic acids is 1. The van der Waals surface area contributed by atoms with Gasteiger partial charge in [-0.1, -0.05) is 29.3 Å². The molecule has 4 nitrogen and oxygen atoms in total. The molecule has 0 aliphatic heterocycles. The van der Waals surface area contributed by atoms with E-state index < -0.39 is 17.9 Å². The molecule has 0 fully saturated rings. The summed E-state index contributed by atoms with van der Waals surface area (Å²) in [5.41, 5.74) is 0.616. The molecule has 0 aliphatic rings. The number of carboxylic acid groups (broad SMARTS) is 1. The van der Waals surface area contributed by atoms with Gasteiger partial charge in [0.2, 0.25) is 0 Å². The van der Waals surface area contributed by atoms with Gasteiger partial charge in [0.15, 0.2) is 5.92 Å². The lowest BCUT2D eigenvalue weighted by atomic mass is 9.99. The van der Waals surface area contributed by atoms with Gasteiger partial charge < -0.3 is 9.84 Å². The minimum atomic E-state index is -1.23. The Balaban J connectivity index is 2.86. The lowest BCUT2D eigenvalue weighted by Crippen LogP contribution is -2.27. The SMILES string of the molecule is CCOC(=O)C(Cc1ccc(Cl)c(Cl)c1)C(=O)O. The number of hydrogen-bond acceptors (Lipinski definition) is 3. The molecule has 0 aliphatic carbocycles. The molecule has 1 aromatic carbocycles. The van der Waals surface area contributed by atoms with Crippen molar-refractivity contribution < 1.29 is 19.4 Å². The fourth-order valence-corrected chi connectivity index (χ4v) is 1.74. The van der Waals surface area contributed by atoms with E-state index >= 15 is 0 Å². The Labute approximate surface area is 114 Å². The van der Waals surface area contributed by atoms with E-state index in [1.807, 2.05) is 0 Å². The predicted octanol–water partition coefficient (Wildman–Crippen LogP) is 2.80. The molecule has 0 amide bonds.